The van der Waals surface area contributed by atoms with E-state index in [1.165, 1.54) is 0 Å². The van der Waals surface area contributed by atoms with Gasteiger partial charge in [0.1, 0.15) is 5.82 Å². The van der Waals surface area contributed by atoms with E-state index in [1.807, 2.05) is 0 Å². The fourth-order valence-corrected chi connectivity index (χ4v) is 3.13. The van der Waals surface area contributed by atoms with Gasteiger partial charge in [-0.2, -0.15) is 0 Å². The molecule has 0 heterocycles. The van der Waals surface area contributed by atoms with Gasteiger partial charge in [-0.25, -0.2) is 17.9 Å². The summed E-state index contributed by atoms with van der Waals surface area (Å²) in [4.78, 5) is 11.7. The maximum Gasteiger partial charge on any atom is 0.251 e. The van der Waals surface area contributed by atoms with Crippen LogP contribution in [0.1, 0.15) is 43.0 Å². The summed E-state index contributed by atoms with van der Waals surface area (Å²) in [5.41, 5.74) is 0.0933. The topological polar surface area (TPSA) is 89.3 Å². The summed E-state index contributed by atoms with van der Waals surface area (Å²) in [6.45, 7) is 2.59. The number of carbonyl (C=O) groups excluding carboxylic acids is 1. The van der Waals surface area contributed by atoms with E-state index in [1.54, 1.807) is 0 Å². The first-order chi connectivity index (χ1) is 9.76. The first kappa shape index (κ1) is 15.9. The highest BCUT2D eigenvalue weighted by atomic mass is 32.2. The van der Waals surface area contributed by atoms with E-state index in [-0.39, 0.29) is 11.0 Å². The lowest BCUT2D eigenvalue weighted by Crippen LogP contribution is -2.41. The zero-order chi connectivity index (χ0) is 15.7. The lowest BCUT2D eigenvalue weighted by molar-refractivity contribution is 0.0849. The Bertz CT molecular complexity index is 649. The highest BCUT2D eigenvalue weighted by Crippen LogP contribution is 2.43. The smallest absolute Gasteiger partial charge is 0.251 e. The van der Waals surface area contributed by atoms with Gasteiger partial charge in [0, 0.05) is 12.1 Å². The van der Waals surface area contributed by atoms with Gasteiger partial charge >= 0.3 is 0 Å². The number of amides is 1. The summed E-state index contributed by atoms with van der Waals surface area (Å²) in [6.07, 6.45) is 4.25. The Labute approximate surface area is 123 Å². The number of rotatable bonds is 5. The summed E-state index contributed by atoms with van der Waals surface area (Å²) in [5, 5.41) is 7.72. The van der Waals surface area contributed by atoms with Crippen LogP contribution in [0.15, 0.2) is 23.1 Å². The van der Waals surface area contributed by atoms with Gasteiger partial charge in [0.15, 0.2) is 0 Å². The van der Waals surface area contributed by atoms with Crippen LogP contribution in [-0.2, 0) is 10.0 Å². The average molecular weight is 314 g/mol. The van der Waals surface area contributed by atoms with Crippen LogP contribution in [0.3, 0.4) is 0 Å². The second-order valence-electron chi connectivity index (χ2n) is 5.61. The van der Waals surface area contributed by atoms with Gasteiger partial charge in [0.2, 0.25) is 10.0 Å². The molecule has 1 amide bonds. The number of primary sulfonamides is 1. The third-order valence-electron chi connectivity index (χ3n) is 4.25. The number of hydrogen-bond acceptors (Lipinski definition) is 3. The quantitative estimate of drug-likeness (QED) is 0.868. The Balaban J connectivity index is 2.14. The summed E-state index contributed by atoms with van der Waals surface area (Å²) < 4.78 is 36.0. The van der Waals surface area contributed by atoms with E-state index < -0.39 is 26.6 Å². The minimum absolute atomic E-state index is 0.0374. The highest BCUT2D eigenvalue weighted by molar-refractivity contribution is 7.89. The van der Waals surface area contributed by atoms with Crippen LogP contribution in [0.2, 0.25) is 0 Å². The second kappa shape index (κ2) is 5.73. The molecule has 0 radical (unpaired) electrons. The molecule has 0 atom stereocenters. The molecular weight excluding hydrogens is 295 g/mol. The van der Waals surface area contributed by atoms with Crippen molar-refractivity contribution in [3.8, 4) is 0 Å². The van der Waals surface area contributed by atoms with Gasteiger partial charge in [-0.05, 0) is 42.9 Å². The molecule has 1 fully saturated rings. The molecule has 7 heteroatoms. The molecule has 1 aromatic rings. The zero-order valence-corrected chi connectivity index (χ0v) is 12.7. The van der Waals surface area contributed by atoms with E-state index in [0.29, 0.717) is 6.54 Å². The molecule has 5 nitrogen and oxygen atoms in total. The number of nitrogens with one attached hydrogen (secondary N) is 1. The molecular formula is C14H19FN2O3S. The fraction of sp³-hybridized carbons (Fsp3) is 0.500. The number of nitrogens with two attached hydrogens (primary N) is 1. The molecule has 1 aliphatic rings. The minimum Gasteiger partial charge on any atom is -0.351 e. The zero-order valence-electron chi connectivity index (χ0n) is 11.9. The van der Waals surface area contributed by atoms with Crippen LogP contribution in [0.5, 0.6) is 0 Å². The third-order valence-corrected chi connectivity index (χ3v) is 5.14. The van der Waals surface area contributed by atoms with Gasteiger partial charge < -0.3 is 5.32 Å². The maximum absolute atomic E-state index is 13.4. The lowest BCUT2D eigenvalue weighted by Gasteiger charge is -2.41. The normalized spacial score (nSPS) is 17.1. The van der Waals surface area contributed by atoms with E-state index in [0.717, 1.165) is 43.9 Å². The number of hydrogen-bond donors (Lipinski definition) is 2. The van der Waals surface area contributed by atoms with E-state index >= 15 is 0 Å². The number of halogens is 1. The molecule has 0 aromatic heterocycles. The van der Waals surface area contributed by atoms with Crippen molar-refractivity contribution in [2.45, 2.75) is 37.5 Å². The molecule has 1 saturated carbocycles. The molecule has 0 saturated heterocycles. The van der Waals surface area contributed by atoms with Crippen molar-refractivity contribution in [1.82, 2.24) is 5.32 Å². The van der Waals surface area contributed by atoms with Crippen LogP contribution in [0.25, 0.3) is 0 Å². The first-order valence-electron chi connectivity index (χ1n) is 6.87. The van der Waals surface area contributed by atoms with Crippen LogP contribution in [-0.4, -0.2) is 20.9 Å². The predicted octanol–water partition coefficient (Wildman–Crippen LogP) is 1.78. The molecule has 0 spiro atoms. The summed E-state index contributed by atoms with van der Waals surface area (Å²) in [5.74, 6) is -1.29. The van der Waals surface area contributed by atoms with E-state index in [4.69, 9.17) is 5.14 Å². The van der Waals surface area contributed by atoms with Crippen molar-refractivity contribution in [2.75, 3.05) is 6.54 Å². The predicted molar refractivity (Wildman–Crippen MR) is 76.7 cm³/mol. The largest absolute Gasteiger partial charge is 0.351 e. The Kier molecular flexibility index (Phi) is 4.34. The van der Waals surface area contributed by atoms with Crippen LogP contribution in [0, 0.1) is 11.2 Å². The van der Waals surface area contributed by atoms with Gasteiger partial charge in [0.25, 0.3) is 5.91 Å². The molecule has 0 aliphatic heterocycles. The molecule has 21 heavy (non-hydrogen) atoms. The summed E-state index contributed by atoms with van der Waals surface area (Å²) >= 11 is 0. The molecule has 1 aliphatic carbocycles. The third kappa shape index (κ3) is 3.59. The lowest BCUT2D eigenvalue weighted by atomic mass is 9.67. The van der Waals surface area contributed by atoms with Crippen molar-refractivity contribution in [1.29, 1.82) is 0 Å². The number of carbonyl (C=O) groups is 1. The standard InChI is InChI=1S/C14H19FN2O3S/c1-2-14(4-3-5-14)9-17-13(18)10-6-11(15)8-12(7-10)21(16,19)20/h6-8H,2-5,9H2,1H3,(H,17,18)(H2,16,19,20). The summed E-state index contributed by atoms with van der Waals surface area (Å²) in [7, 11) is -4.04. The Morgan fingerprint density at radius 3 is 2.52 bits per heavy atom. The Morgan fingerprint density at radius 1 is 1.38 bits per heavy atom. The Hall–Kier alpha value is -1.47. The van der Waals surface area contributed by atoms with Gasteiger partial charge in [-0.3, -0.25) is 4.79 Å². The van der Waals surface area contributed by atoms with E-state index in [2.05, 4.69) is 12.2 Å². The molecule has 2 rings (SSSR count). The van der Waals surface area contributed by atoms with Gasteiger partial charge in [0.05, 0.1) is 4.90 Å². The molecule has 3 N–H and O–H groups in total. The molecule has 116 valence electrons. The first-order valence-corrected chi connectivity index (χ1v) is 8.42. The van der Waals surface area contributed by atoms with Crippen molar-refractivity contribution in [2.24, 2.45) is 10.6 Å². The van der Waals surface area contributed by atoms with Crippen LogP contribution in [0.4, 0.5) is 4.39 Å². The number of sulfonamides is 1. The van der Waals surface area contributed by atoms with Crippen LogP contribution < -0.4 is 10.5 Å². The van der Waals surface area contributed by atoms with Crippen molar-refractivity contribution in [3.63, 3.8) is 0 Å². The summed E-state index contributed by atoms with van der Waals surface area (Å²) in [6, 6.07) is 2.89. The highest BCUT2D eigenvalue weighted by Gasteiger charge is 2.35. The molecule has 0 bridgehead atoms. The van der Waals surface area contributed by atoms with E-state index in [9.17, 15) is 17.6 Å². The van der Waals surface area contributed by atoms with Crippen molar-refractivity contribution in [3.05, 3.63) is 29.6 Å². The molecule has 0 unspecified atom stereocenters. The molecule has 1 aromatic carbocycles. The Morgan fingerprint density at radius 2 is 2.05 bits per heavy atom. The van der Waals surface area contributed by atoms with Gasteiger partial charge in [-0.15, -0.1) is 0 Å². The average Bonchev–Trinajstić information content (AvgIpc) is 2.36. The van der Waals surface area contributed by atoms with Crippen LogP contribution >= 0.6 is 0 Å². The second-order valence-corrected chi connectivity index (χ2v) is 7.17. The minimum atomic E-state index is -4.04. The van der Waals surface area contributed by atoms with Gasteiger partial charge in [-0.1, -0.05) is 13.3 Å². The van der Waals surface area contributed by atoms with Crippen molar-refractivity contribution >= 4 is 15.9 Å². The van der Waals surface area contributed by atoms with Crippen molar-refractivity contribution < 1.29 is 17.6 Å². The monoisotopic (exact) mass is 314 g/mol. The SMILES string of the molecule is CCC1(CNC(=O)c2cc(F)cc(S(N)(=O)=O)c2)CCC1. The fourth-order valence-electron chi connectivity index (χ4n) is 2.56. The maximum atomic E-state index is 13.4. The number of benzene rings is 1.